The number of nitrogens with one attached hydrogen (secondary N) is 1. The lowest BCUT2D eigenvalue weighted by Gasteiger charge is -2.48. The molecule has 0 saturated carbocycles. The maximum atomic E-state index is 14.1. The molecule has 2 aliphatic rings. The van der Waals surface area contributed by atoms with Gasteiger partial charge >= 0.3 is 0 Å². The van der Waals surface area contributed by atoms with E-state index in [1.54, 1.807) is 6.92 Å². The van der Waals surface area contributed by atoms with Crippen LogP contribution in [-0.4, -0.2) is 23.4 Å². The number of unbranched alkanes of at least 4 members (excludes halogenated alkanes) is 1. The van der Waals surface area contributed by atoms with Crippen molar-refractivity contribution in [2.24, 2.45) is 4.99 Å². The molecule has 0 spiro atoms. The fourth-order valence-electron chi connectivity index (χ4n) is 5.10. The Labute approximate surface area is 188 Å². The number of benzene rings is 3. The van der Waals surface area contributed by atoms with Gasteiger partial charge in [0.05, 0.1) is 11.4 Å². The van der Waals surface area contributed by atoms with Gasteiger partial charge in [-0.3, -0.25) is 4.79 Å². The van der Waals surface area contributed by atoms with Crippen molar-refractivity contribution >= 4 is 23.1 Å². The molecule has 32 heavy (non-hydrogen) atoms. The number of rotatable bonds is 5. The first-order valence-electron chi connectivity index (χ1n) is 11.2. The quantitative estimate of drug-likeness (QED) is 0.587. The smallest absolute Gasteiger partial charge is 0.254 e. The Bertz CT molecular complexity index is 1200. The average molecular weight is 426 g/mol. The maximum Gasteiger partial charge on any atom is 0.254 e. The van der Waals surface area contributed by atoms with E-state index in [4.69, 9.17) is 4.99 Å². The molecular weight excluding hydrogens is 398 g/mol. The van der Waals surface area contributed by atoms with Gasteiger partial charge in [0, 0.05) is 23.2 Å². The van der Waals surface area contributed by atoms with Crippen molar-refractivity contribution in [2.75, 3.05) is 11.4 Å². The van der Waals surface area contributed by atoms with Gasteiger partial charge in [-0.2, -0.15) is 0 Å². The van der Waals surface area contributed by atoms with E-state index < -0.39 is 11.1 Å². The Morgan fingerprint density at radius 2 is 1.62 bits per heavy atom. The van der Waals surface area contributed by atoms with Gasteiger partial charge in [0.25, 0.3) is 5.91 Å². The van der Waals surface area contributed by atoms with Crippen molar-refractivity contribution in [1.29, 1.82) is 0 Å². The predicted molar refractivity (Wildman–Crippen MR) is 127 cm³/mol. The number of nitrogens with zero attached hydrogens (tertiary/aromatic N) is 2. The lowest BCUT2D eigenvalue weighted by atomic mass is 9.72. The molecule has 0 fully saturated rings. The number of aliphatic imine (C=N–C) groups is 1. The molecule has 2 aliphatic heterocycles. The van der Waals surface area contributed by atoms with E-state index >= 15 is 0 Å². The zero-order valence-corrected chi connectivity index (χ0v) is 18.4. The van der Waals surface area contributed by atoms with E-state index in [1.165, 1.54) is 0 Å². The predicted octanol–water partition coefficient (Wildman–Crippen LogP) is 4.62. The monoisotopic (exact) mass is 425 g/mol. The second-order valence-corrected chi connectivity index (χ2v) is 8.56. The van der Waals surface area contributed by atoms with Gasteiger partial charge in [0.1, 0.15) is 11.4 Å². The van der Waals surface area contributed by atoms with Gasteiger partial charge in [0.15, 0.2) is 5.54 Å². The van der Waals surface area contributed by atoms with E-state index in [9.17, 15) is 9.90 Å². The molecule has 0 aromatic heterocycles. The van der Waals surface area contributed by atoms with Crippen LogP contribution in [0.2, 0.25) is 0 Å². The third-order valence-corrected chi connectivity index (χ3v) is 6.62. The summed E-state index contributed by atoms with van der Waals surface area (Å²) >= 11 is 0. The number of aliphatic hydroxyl groups is 1. The topological polar surface area (TPSA) is 64.9 Å². The highest BCUT2D eigenvalue weighted by Crippen LogP contribution is 2.59. The lowest BCUT2D eigenvalue weighted by molar-refractivity contribution is -0.136. The molecular formula is C27H27N3O2. The second kappa shape index (κ2) is 7.61. The van der Waals surface area contributed by atoms with Crippen molar-refractivity contribution in [3.8, 4) is 0 Å². The van der Waals surface area contributed by atoms with Crippen molar-refractivity contribution in [3.05, 3.63) is 95.6 Å². The Kier molecular flexibility index (Phi) is 4.86. The van der Waals surface area contributed by atoms with Crippen LogP contribution in [0.3, 0.4) is 0 Å². The molecule has 2 N–H and O–H groups in total. The van der Waals surface area contributed by atoms with E-state index in [0.717, 1.165) is 24.1 Å². The summed E-state index contributed by atoms with van der Waals surface area (Å²) in [4.78, 5) is 21.1. The SMILES string of the molecule is CCCCNC(=O)C12c3ccccc3N=C(c3ccccc3)N1c1ccccc1C2(C)O. The van der Waals surface area contributed by atoms with E-state index in [0.29, 0.717) is 29.2 Å². The first-order valence-corrected chi connectivity index (χ1v) is 11.2. The molecule has 3 aromatic carbocycles. The first-order chi connectivity index (χ1) is 15.5. The Hall–Kier alpha value is -3.44. The number of para-hydroxylation sites is 2. The van der Waals surface area contributed by atoms with Crippen LogP contribution in [0.4, 0.5) is 11.4 Å². The average Bonchev–Trinajstić information content (AvgIpc) is 3.04. The number of fused-ring (bicyclic) bond motifs is 5. The summed E-state index contributed by atoms with van der Waals surface area (Å²) in [6.45, 7) is 4.39. The second-order valence-electron chi connectivity index (χ2n) is 8.56. The van der Waals surface area contributed by atoms with Gasteiger partial charge in [0.2, 0.25) is 0 Å². The largest absolute Gasteiger partial charge is 0.382 e. The molecule has 5 rings (SSSR count). The van der Waals surface area contributed by atoms with E-state index in [2.05, 4.69) is 12.2 Å². The van der Waals surface area contributed by atoms with Crippen molar-refractivity contribution < 1.29 is 9.90 Å². The minimum absolute atomic E-state index is 0.220. The third-order valence-electron chi connectivity index (χ3n) is 6.62. The lowest BCUT2D eigenvalue weighted by Crippen LogP contribution is -2.65. The van der Waals surface area contributed by atoms with Crippen LogP contribution in [-0.2, 0) is 15.9 Å². The molecule has 0 bridgehead atoms. The zero-order valence-electron chi connectivity index (χ0n) is 18.4. The number of carbonyl (C=O) groups is 1. The number of carbonyl (C=O) groups excluding carboxylic acids is 1. The summed E-state index contributed by atoms with van der Waals surface area (Å²) in [5.41, 5.74) is 0.933. The van der Waals surface area contributed by atoms with Crippen molar-refractivity contribution in [1.82, 2.24) is 5.32 Å². The van der Waals surface area contributed by atoms with Crippen LogP contribution in [0.25, 0.3) is 0 Å². The summed E-state index contributed by atoms with van der Waals surface area (Å²) in [5, 5.41) is 15.3. The van der Waals surface area contributed by atoms with E-state index in [1.807, 2.05) is 83.8 Å². The van der Waals surface area contributed by atoms with Gasteiger partial charge in [-0.15, -0.1) is 0 Å². The van der Waals surface area contributed by atoms with Crippen molar-refractivity contribution in [2.45, 2.75) is 37.8 Å². The molecule has 0 saturated heterocycles. The Balaban J connectivity index is 1.84. The minimum Gasteiger partial charge on any atom is -0.382 e. The Morgan fingerprint density at radius 3 is 2.38 bits per heavy atom. The summed E-state index contributed by atoms with van der Waals surface area (Å²) in [6.07, 6.45) is 1.85. The third kappa shape index (κ3) is 2.67. The van der Waals surface area contributed by atoms with Crippen LogP contribution in [0.1, 0.15) is 43.4 Å². The summed E-state index contributed by atoms with van der Waals surface area (Å²) in [5.74, 6) is 0.433. The molecule has 2 atom stereocenters. The van der Waals surface area contributed by atoms with Crippen LogP contribution in [0.5, 0.6) is 0 Å². The van der Waals surface area contributed by atoms with Gasteiger partial charge < -0.3 is 15.3 Å². The number of hydrogen-bond acceptors (Lipinski definition) is 4. The Morgan fingerprint density at radius 1 is 0.969 bits per heavy atom. The number of amides is 1. The van der Waals surface area contributed by atoms with Gasteiger partial charge in [-0.1, -0.05) is 80.1 Å². The normalized spacial score (nSPS) is 23.1. The zero-order chi connectivity index (χ0) is 22.3. The fraction of sp³-hybridized carbons (Fsp3) is 0.259. The highest BCUT2D eigenvalue weighted by atomic mass is 16.3. The number of anilines is 1. The molecule has 2 heterocycles. The maximum absolute atomic E-state index is 14.1. The van der Waals surface area contributed by atoms with Gasteiger partial charge in [-0.05, 0) is 25.5 Å². The highest BCUT2D eigenvalue weighted by Gasteiger charge is 2.67. The van der Waals surface area contributed by atoms with E-state index in [-0.39, 0.29) is 5.91 Å². The van der Waals surface area contributed by atoms with Gasteiger partial charge in [-0.25, -0.2) is 4.99 Å². The molecule has 5 heteroatoms. The minimum atomic E-state index is -1.48. The number of amidine groups is 1. The molecule has 0 aliphatic carbocycles. The molecule has 3 aromatic rings. The molecule has 2 unspecified atom stereocenters. The fourth-order valence-corrected chi connectivity index (χ4v) is 5.10. The standard InChI is InChI=1S/C27H27N3O2/c1-3-4-18-28-25(31)27-20-14-8-10-16-22(20)29-24(19-12-6-5-7-13-19)30(27)23-17-11-9-15-21(23)26(27,2)32/h5-17,32H,3-4,18H2,1-2H3,(H,28,31). The first kappa shape index (κ1) is 20.5. The van der Waals surface area contributed by atoms with Crippen LogP contribution >= 0.6 is 0 Å². The summed E-state index contributed by atoms with van der Waals surface area (Å²) in [6, 6.07) is 25.2. The van der Waals surface area contributed by atoms with Crippen molar-refractivity contribution in [3.63, 3.8) is 0 Å². The summed E-state index contributed by atoms with van der Waals surface area (Å²) < 4.78 is 0. The van der Waals surface area contributed by atoms with Crippen LogP contribution in [0, 0.1) is 0 Å². The summed E-state index contributed by atoms with van der Waals surface area (Å²) in [7, 11) is 0. The highest BCUT2D eigenvalue weighted by molar-refractivity contribution is 6.19. The number of hydrogen-bond donors (Lipinski definition) is 2. The molecule has 1 amide bonds. The van der Waals surface area contributed by atoms with Crippen LogP contribution in [0.15, 0.2) is 83.9 Å². The molecule has 162 valence electrons. The van der Waals surface area contributed by atoms with Crippen LogP contribution < -0.4 is 10.2 Å². The molecule has 0 radical (unpaired) electrons. The molecule has 5 nitrogen and oxygen atoms in total.